The van der Waals surface area contributed by atoms with E-state index in [4.69, 9.17) is 5.73 Å². The molecule has 0 atom stereocenters. The summed E-state index contributed by atoms with van der Waals surface area (Å²) in [6, 6.07) is 5.55. The molecule has 7 heteroatoms. The number of carbonyl (C=O) groups excluding carboxylic acids is 1. The first kappa shape index (κ1) is 14.9. The lowest BCUT2D eigenvalue weighted by Crippen LogP contribution is -2.21. The van der Waals surface area contributed by atoms with Gasteiger partial charge in [-0.25, -0.2) is 4.39 Å². The Bertz CT molecular complexity index is 744. The van der Waals surface area contributed by atoms with Crippen molar-refractivity contribution >= 4 is 37.8 Å². The number of amides is 1. The number of hydrogen-bond acceptors (Lipinski definition) is 2. The van der Waals surface area contributed by atoms with Gasteiger partial charge in [0, 0.05) is 21.8 Å². The number of hydrogen-bond donors (Lipinski definition) is 1. The number of primary amides is 1. The minimum absolute atomic E-state index is 0.0573. The summed E-state index contributed by atoms with van der Waals surface area (Å²) in [5.74, 6) is -1.28. The van der Waals surface area contributed by atoms with Gasteiger partial charge in [-0.05, 0) is 50.1 Å². The minimum atomic E-state index is -0.696. The zero-order chi connectivity index (χ0) is 14.9. The summed E-state index contributed by atoms with van der Waals surface area (Å²) >= 11 is 6.41. The second-order valence-corrected chi connectivity index (χ2v) is 5.88. The third kappa shape index (κ3) is 3.16. The highest BCUT2D eigenvalue weighted by molar-refractivity contribution is 9.11. The topological polar surface area (TPSA) is 65.1 Å². The average molecular weight is 404 g/mol. The third-order valence-electron chi connectivity index (χ3n) is 2.69. The number of pyridine rings is 1. The maximum Gasteiger partial charge on any atom is 0.265 e. The van der Waals surface area contributed by atoms with Crippen molar-refractivity contribution in [3.63, 3.8) is 0 Å². The highest BCUT2D eigenvalue weighted by atomic mass is 79.9. The SMILES string of the molecule is NC(=O)c1ccc(Cn2cc(Br)cc(Br)c2=O)c(F)c1. The van der Waals surface area contributed by atoms with Crippen LogP contribution in [-0.4, -0.2) is 10.5 Å². The monoisotopic (exact) mass is 402 g/mol. The van der Waals surface area contributed by atoms with Gasteiger partial charge in [0.2, 0.25) is 5.91 Å². The van der Waals surface area contributed by atoms with Gasteiger partial charge in [-0.3, -0.25) is 9.59 Å². The predicted octanol–water partition coefficient (Wildman–Crippen LogP) is 2.66. The first-order valence-corrected chi connectivity index (χ1v) is 7.11. The van der Waals surface area contributed by atoms with Crippen LogP contribution in [0.1, 0.15) is 15.9 Å². The molecule has 1 heterocycles. The number of rotatable bonds is 3. The van der Waals surface area contributed by atoms with Gasteiger partial charge in [-0.1, -0.05) is 6.07 Å². The van der Waals surface area contributed by atoms with Crippen LogP contribution in [0.25, 0.3) is 0 Å². The van der Waals surface area contributed by atoms with Gasteiger partial charge < -0.3 is 10.3 Å². The fourth-order valence-electron chi connectivity index (χ4n) is 1.69. The molecule has 2 N–H and O–H groups in total. The van der Waals surface area contributed by atoms with E-state index in [9.17, 15) is 14.0 Å². The van der Waals surface area contributed by atoms with Gasteiger partial charge in [-0.15, -0.1) is 0 Å². The van der Waals surface area contributed by atoms with E-state index in [1.54, 1.807) is 12.3 Å². The van der Waals surface area contributed by atoms with Crippen LogP contribution < -0.4 is 11.3 Å². The van der Waals surface area contributed by atoms with Crippen molar-refractivity contribution in [2.45, 2.75) is 6.54 Å². The Morgan fingerprint density at radius 2 is 2.00 bits per heavy atom. The highest BCUT2D eigenvalue weighted by Crippen LogP contribution is 2.15. The summed E-state index contributed by atoms with van der Waals surface area (Å²) in [6.45, 7) is 0.0573. The van der Waals surface area contributed by atoms with Crippen LogP contribution in [0.5, 0.6) is 0 Å². The standard InChI is InChI=1S/C13H9Br2FN2O2/c14-9-4-10(15)13(20)18(6-9)5-8-2-1-7(12(17)19)3-11(8)16/h1-4,6H,5H2,(H2,17,19). The molecule has 0 saturated heterocycles. The lowest BCUT2D eigenvalue weighted by molar-refractivity contribution is 0.1000. The largest absolute Gasteiger partial charge is 0.366 e. The van der Waals surface area contributed by atoms with Crippen molar-refractivity contribution in [1.82, 2.24) is 4.57 Å². The Balaban J connectivity index is 2.41. The number of halogens is 3. The summed E-state index contributed by atoms with van der Waals surface area (Å²) < 4.78 is 16.3. The van der Waals surface area contributed by atoms with Crippen molar-refractivity contribution in [2.75, 3.05) is 0 Å². The molecule has 0 spiro atoms. The fourth-order valence-corrected chi connectivity index (χ4v) is 2.95. The molecular formula is C13H9Br2FN2O2. The van der Waals surface area contributed by atoms with Gasteiger partial charge in [0.25, 0.3) is 5.56 Å². The van der Waals surface area contributed by atoms with Crippen LogP contribution in [0.2, 0.25) is 0 Å². The van der Waals surface area contributed by atoms with Crippen LogP contribution in [0, 0.1) is 5.82 Å². The van der Waals surface area contributed by atoms with Crippen molar-refractivity contribution in [3.05, 3.63) is 66.7 Å². The Morgan fingerprint density at radius 3 is 2.60 bits per heavy atom. The van der Waals surface area contributed by atoms with E-state index in [1.165, 1.54) is 16.7 Å². The van der Waals surface area contributed by atoms with Crippen molar-refractivity contribution in [1.29, 1.82) is 0 Å². The minimum Gasteiger partial charge on any atom is -0.366 e. The van der Waals surface area contributed by atoms with E-state index in [1.807, 2.05) is 0 Å². The number of benzene rings is 1. The van der Waals surface area contributed by atoms with E-state index < -0.39 is 11.7 Å². The lowest BCUT2D eigenvalue weighted by Gasteiger charge is -2.09. The normalized spacial score (nSPS) is 10.6. The molecule has 20 heavy (non-hydrogen) atoms. The van der Waals surface area contributed by atoms with Gasteiger partial charge >= 0.3 is 0 Å². The molecule has 0 fully saturated rings. The molecule has 1 aromatic carbocycles. The molecule has 0 radical (unpaired) electrons. The van der Waals surface area contributed by atoms with Crippen molar-refractivity contribution in [3.8, 4) is 0 Å². The number of nitrogens with zero attached hydrogens (tertiary/aromatic N) is 1. The smallest absolute Gasteiger partial charge is 0.265 e. The lowest BCUT2D eigenvalue weighted by atomic mass is 10.1. The molecule has 1 amide bonds. The van der Waals surface area contributed by atoms with Crippen LogP contribution in [0.15, 0.2) is 44.2 Å². The molecule has 0 saturated carbocycles. The molecule has 0 unspecified atom stereocenters. The molecule has 104 valence electrons. The fraction of sp³-hybridized carbons (Fsp3) is 0.0769. The molecule has 4 nitrogen and oxygen atoms in total. The first-order chi connectivity index (χ1) is 9.38. The molecule has 0 aliphatic heterocycles. The molecular weight excluding hydrogens is 395 g/mol. The Kier molecular flexibility index (Phi) is 4.39. The summed E-state index contributed by atoms with van der Waals surface area (Å²) in [6.07, 6.45) is 1.56. The average Bonchev–Trinajstić information content (AvgIpc) is 2.37. The van der Waals surface area contributed by atoms with E-state index in [-0.39, 0.29) is 17.7 Å². The molecule has 2 rings (SSSR count). The number of aromatic nitrogens is 1. The maximum absolute atomic E-state index is 13.9. The molecule has 0 bridgehead atoms. The first-order valence-electron chi connectivity index (χ1n) is 5.52. The summed E-state index contributed by atoms with van der Waals surface area (Å²) in [5.41, 5.74) is 5.19. The highest BCUT2D eigenvalue weighted by Gasteiger charge is 2.10. The van der Waals surface area contributed by atoms with E-state index >= 15 is 0 Å². The van der Waals surface area contributed by atoms with Crippen LogP contribution in [-0.2, 0) is 6.54 Å². The zero-order valence-corrected chi connectivity index (χ0v) is 13.2. The van der Waals surface area contributed by atoms with Gasteiger partial charge in [0.15, 0.2) is 0 Å². The maximum atomic E-state index is 13.9. The molecule has 0 aliphatic rings. The van der Waals surface area contributed by atoms with E-state index in [0.717, 1.165) is 6.07 Å². The van der Waals surface area contributed by atoms with Crippen LogP contribution in [0.4, 0.5) is 4.39 Å². The van der Waals surface area contributed by atoms with Gasteiger partial charge in [-0.2, -0.15) is 0 Å². The quantitative estimate of drug-likeness (QED) is 0.856. The van der Waals surface area contributed by atoms with Gasteiger partial charge in [0.1, 0.15) is 5.82 Å². The van der Waals surface area contributed by atoms with Gasteiger partial charge in [0.05, 0.1) is 11.0 Å². The molecule has 0 aliphatic carbocycles. The Labute approximate surface area is 130 Å². The Morgan fingerprint density at radius 1 is 1.30 bits per heavy atom. The second-order valence-electron chi connectivity index (χ2n) is 4.11. The summed E-state index contributed by atoms with van der Waals surface area (Å²) in [4.78, 5) is 22.9. The molecule has 2 aromatic rings. The number of carbonyl (C=O) groups is 1. The van der Waals surface area contributed by atoms with Crippen molar-refractivity contribution in [2.24, 2.45) is 5.73 Å². The van der Waals surface area contributed by atoms with Crippen molar-refractivity contribution < 1.29 is 9.18 Å². The summed E-state index contributed by atoms with van der Waals surface area (Å²) in [7, 11) is 0. The van der Waals surface area contributed by atoms with E-state index in [2.05, 4.69) is 31.9 Å². The third-order valence-corrected chi connectivity index (χ3v) is 3.69. The van der Waals surface area contributed by atoms with Crippen LogP contribution >= 0.6 is 31.9 Å². The second kappa shape index (κ2) is 5.88. The number of nitrogens with two attached hydrogens (primary N) is 1. The predicted molar refractivity (Wildman–Crippen MR) is 80.1 cm³/mol. The zero-order valence-electron chi connectivity index (χ0n) is 10.1. The van der Waals surface area contributed by atoms with E-state index in [0.29, 0.717) is 14.5 Å². The van der Waals surface area contributed by atoms with Crippen LogP contribution in [0.3, 0.4) is 0 Å². The Hall–Kier alpha value is -1.47. The molecule has 1 aromatic heterocycles. The summed E-state index contributed by atoms with van der Waals surface area (Å²) in [5, 5.41) is 0.